The highest BCUT2D eigenvalue weighted by Gasteiger charge is 2.34. The number of carbonyl (C=O) groups excluding carboxylic acids is 1. The maximum atomic E-state index is 12.3. The molecule has 1 saturated heterocycles. The first kappa shape index (κ1) is 19.3. The Balaban J connectivity index is 1.66. The van der Waals surface area contributed by atoms with Crippen LogP contribution in [0.5, 0.6) is 5.75 Å². The number of hydrogen-bond acceptors (Lipinski definition) is 4. The molecule has 3 rings (SSSR count). The first-order chi connectivity index (χ1) is 13.1. The van der Waals surface area contributed by atoms with Crippen LogP contribution >= 0.6 is 12.2 Å². The Labute approximate surface area is 165 Å². The second-order valence-corrected chi connectivity index (χ2v) is 7.03. The van der Waals surface area contributed by atoms with Crippen molar-refractivity contribution in [3.8, 4) is 5.75 Å². The molecule has 2 aromatic carbocycles. The lowest BCUT2D eigenvalue weighted by molar-refractivity contribution is 0.0514. The Kier molecular flexibility index (Phi) is 6.42. The first-order valence-corrected chi connectivity index (χ1v) is 9.40. The molecule has 1 amide bonds. The van der Waals surface area contributed by atoms with Crippen LogP contribution in [0, 0.1) is 0 Å². The van der Waals surface area contributed by atoms with Gasteiger partial charge in [-0.05, 0) is 54.9 Å². The third-order valence-electron chi connectivity index (χ3n) is 5.00. The summed E-state index contributed by atoms with van der Waals surface area (Å²) in [6, 6.07) is 17.2. The molecule has 1 fully saturated rings. The van der Waals surface area contributed by atoms with Crippen molar-refractivity contribution in [2.75, 3.05) is 26.9 Å². The van der Waals surface area contributed by atoms with Crippen LogP contribution in [0.15, 0.2) is 54.6 Å². The minimum atomic E-state index is -0.210. The molecule has 142 valence electrons. The summed E-state index contributed by atoms with van der Waals surface area (Å²) in [4.78, 5) is 12.3. The molecule has 5 nitrogen and oxygen atoms in total. The zero-order valence-electron chi connectivity index (χ0n) is 15.4. The largest absolute Gasteiger partial charge is 0.497 e. The lowest BCUT2D eigenvalue weighted by atomic mass is 9.74. The molecule has 6 heteroatoms. The van der Waals surface area contributed by atoms with Crippen molar-refractivity contribution in [2.24, 2.45) is 0 Å². The van der Waals surface area contributed by atoms with Crippen LogP contribution < -0.4 is 15.4 Å². The van der Waals surface area contributed by atoms with Crippen LogP contribution in [-0.4, -0.2) is 37.9 Å². The molecular formula is C21H24N2O3S. The van der Waals surface area contributed by atoms with Crippen LogP contribution in [0.2, 0.25) is 0 Å². The predicted molar refractivity (Wildman–Crippen MR) is 109 cm³/mol. The molecule has 0 aliphatic carbocycles. The van der Waals surface area contributed by atoms with Gasteiger partial charge >= 0.3 is 0 Å². The highest BCUT2D eigenvalue weighted by atomic mass is 32.1. The van der Waals surface area contributed by atoms with E-state index in [4.69, 9.17) is 21.7 Å². The van der Waals surface area contributed by atoms with E-state index in [0.717, 1.165) is 18.6 Å². The molecule has 0 saturated carbocycles. The molecule has 0 radical (unpaired) electrons. The number of hydrogen-bond donors (Lipinski definition) is 2. The van der Waals surface area contributed by atoms with E-state index in [1.165, 1.54) is 5.56 Å². The van der Waals surface area contributed by atoms with Gasteiger partial charge in [-0.3, -0.25) is 10.1 Å². The van der Waals surface area contributed by atoms with Gasteiger partial charge in [-0.15, -0.1) is 0 Å². The number of methoxy groups -OCH3 is 1. The fraction of sp³-hybridized carbons (Fsp3) is 0.333. The average molecular weight is 385 g/mol. The summed E-state index contributed by atoms with van der Waals surface area (Å²) in [5.41, 5.74) is 1.71. The molecule has 0 atom stereocenters. The van der Waals surface area contributed by atoms with Crippen LogP contribution in [-0.2, 0) is 10.2 Å². The average Bonchev–Trinajstić information content (AvgIpc) is 2.73. The number of ether oxygens (including phenoxy) is 2. The van der Waals surface area contributed by atoms with E-state index in [1.54, 1.807) is 19.2 Å². The van der Waals surface area contributed by atoms with Gasteiger partial charge in [0, 0.05) is 30.7 Å². The van der Waals surface area contributed by atoms with Crippen molar-refractivity contribution in [2.45, 2.75) is 18.3 Å². The lowest BCUT2D eigenvalue weighted by Gasteiger charge is -2.38. The highest BCUT2D eigenvalue weighted by Crippen LogP contribution is 2.35. The van der Waals surface area contributed by atoms with Gasteiger partial charge in [0.05, 0.1) is 7.11 Å². The minimum Gasteiger partial charge on any atom is -0.497 e. The molecule has 2 aromatic rings. The van der Waals surface area contributed by atoms with Crippen molar-refractivity contribution < 1.29 is 14.3 Å². The summed E-state index contributed by atoms with van der Waals surface area (Å²) < 4.78 is 10.8. The first-order valence-electron chi connectivity index (χ1n) is 8.99. The maximum absolute atomic E-state index is 12.3. The Hall–Kier alpha value is -2.44. The summed E-state index contributed by atoms with van der Waals surface area (Å²) in [5, 5.41) is 6.32. The summed E-state index contributed by atoms with van der Waals surface area (Å²) in [6.45, 7) is 2.05. The zero-order valence-corrected chi connectivity index (χ0v) is 16.2. The van der Waals surface area contributed by atoms with Crippen molar-refractivity contribution in [1.82, 2.24) is 10.6 Å². The predicted octanol–water partition coefficient (Wildman–Crippen LogP) is 3.05. The summed E-state index contributed by atoms with van der Waals surface area (Å²) >= 11 is 5.34. The standard InChI is InChI=1S/C21H24N2O3S/c1-25-18-9-7-17(8-10-18)21(11-13-26-14-12-21)15-22-20(27)23-19(24)16-5-3-2-4-6-16/h2-10H,11-15H2,1H3,(H2,22,23,24,27). The molecular weight excluding hydrogens is 360 g/mol. The molecule has 2 N–H and O–H groups in total. The molecule has 1 heterocycles. The van der Waals surface area contributed by atoms with Gasteiger partial charge in [0.2, 0.25) is 0 Å². The van der Waals surface area contributed by atoms with E-state index in [-0.39, 0.29) is 11.3 Å². The number of nitrogens with one attached hydrogen (secondary N) is 2. The van der Waals surface area contributed by atoms with Gasteiger partial charge in [-0.25, -0.2) is 0 Å². The van der Waals surface area contributed by atoms with Gasteiger partial charge in [0.15, 0.2) is 5.11 Å². The maximum Gasteiger partial charge on any atom is 0.257 e. The molecule has 0 spiro atoms. The summed E-state index contributed by atoms with van der Waals surface area (Å²) in [5.74, 6) is 0.623. The van der Waals surface area contributed by atoms with Gasteiger partial charge in [0.25, 0.3) is 5.91 Å². The third kappa shape index (κ3) is 4.84. The molecule has 0 bridgehead atoms. The van der Waals surface area contributed by atoms with E-state index < -0.39 is 0 Å². The summed E-state index contributed by atoms with van der Waals surface area (Å²) in [7, 11) is 1.66. The van der Waals surface area contributed by atoms with E-state index in [0.29, 0.717) is 30.4 Å². The minimum absolute atomic E-state index is 0.0912. The Bertz CT molecular complexity index is 772. The Morgan fingerprint density at radius 1 is 1.11 bits per heavy atom. The Morgan fingerprint density at radius 2 is 1.78 bits per heavy atom. The number of rotatable bonds is 5. The Morgan fingerprint density at radius 3 is 2.41 bits per heavy atom. The van der Waals surface area contributed by atoms with Crippen LogP contribution in [0.4, 0.5) is 0 Å². The van der Waals surface area contributed by atoms with Crippen molar-refractivity contribution in [3.05, 3.63) is 65.7 Å². The molecule has 0 aromatic heterocycles. The second kappa shape index (κ2) is 8.97. The van der Waals surface area contributed by atoms with Crippen LogP contribution in [0.25, 0.3) is 0 Å². The van der Waals surface area contributed by atoms with Crippen molar-refractivity contribution in [3.63, 3.8) is 0 Å². The molecule has 27 heavy (non-hydrogen) atoms. The number of benzene rings is 2. The fourth-order valence-corrected chi connectivity index (χ4v) is 3.50. The van der Waals surface area contributed by atoms with Crippen LogP contribution in [0.1, 0.15) is 28.8 Å². The number of carbonyl (C=O) groups is 1. The molecule has 1 aliphatic rings. The smallest absolute Gasteiger partial charge is 0.257 e. The SMILES string of the molecule is COc1ccc(C2(CNC(=S)NC(=O)c3ccccc3)CCOCC2)cc1. The third-order valence-corrected chi connectivity index (χ3v) is 5.25. The fourth-order valence-electron chi connectivity index (χ4n) is 3.33. The van der Waals surface area contributed by atoms with Crippen molar-refractivity contribution >= 4 is 23.2 Å². The number of amides is 1. The van der Waals surface area contributed by atoms with Gasteiger partial charge in [-0.1, -0.05) is 30.3 Å². The highest BCUT2D eigenvalue weighted by molar-refractivity contribution is 7.80. The normalized spacial score (nSPS) is 15.6. The quantitative estimate of drug-likeness (QED) is 0.776. The number of thiocarbonyl (C=S) groups is 1. The van der Waals surface area contributed by atoms with Crippen molar-refractivity contribution in [1.29, 1.82) is 0 Å². The molecule has 0 unspecified atom stereocenters. The second-order valence-electron chi connectivity index (χ2n) is 6.62. The van der Waals surface area contributed by atoms with Gasteiger partial charge in [-0.2, -0.15) is 0 Å². The molecule has 1 aliphatic heterocycles. The van der Waals surface area contributed by atoms with Gasteiger partial charge < -0.3 is 14.8 Å². The lowest BCUT2D eigenvalue weighted by Crippen LogP contribution is -2.48. The van der Waals surface area contributed by atoms with E-state index in [1.807, 2.05) is 30.3 Å². The zero-order chi connectivity index (χ0) is 19.1. The van der Waals surface area contributed by atoms with Gasteiger partial charge in [0.1, 0.15) is 5.75 Å². The van der Waals surface area contributed by atoms with E-state index in [2.05, 4.69) is 22.8 Å². The van der Waals surface area contributed by atoms with E-state index in [9.17, 15) is 4.79 Å². The monoisotopic (exact) mass is 384 g/mol. The van der Waals surface area contributed by atoms with Crippen LogP contribution in [0.3, 0.4) is 0 Å². The van der Waals surface area contributed by atoms with E-state index >= 15 is 0 Å². The summed E-state index contributed by atoms with van der Waals surface area (Å²) in [6.07, 6.45) is 1.78. The topological polar surface area (TPSA) is 59.6 Å².